The first-order chi connectivity index (χ1) is 7.50. The van der Waals surface area contributed by atoms with Gasteiger partial charge in [-0.15, -0.1) is 6.58 Å². The molecule has 1 fully saturated rings. The summed E-state index contributed by atoms with van der Waals surface area (Å²) < 4.78 is 10.5. The van der Waals surface area contributed by atoms with Gasteiger partial charge >= 0.3 is 11.9 Å². The van der Waals surface area contributed by atoms with E-state index in [1.165, 1.54) is 13.8 Å². The third-order valence-electron chi connectivity index (χ3n) is 2.78. The van der Waals surface area contributed by atoms with Crippen LogP contribution in [-0.2, 0) is 19.1 Å². The Labute approximate surface area is 95.6 Å². The molecule has 0 spiro atoms. The largest absolute Gasteiger partial charge is 0.422 e. The Morgan fingerprint density at radius 3 is 2.38 bits per heavy atom. The van der Waals surface area contributed by atoms with Crippen molar-refractivity contribution in [2.45, 2.75) is 45.3 Å². The lowest BCUT2D eigenvalue weighted by atomic mass is 9.98. The summed E-state index contributed by atoms with van der Waals surface area (Å²) in [6.07, 6.45) is 4.79. The van der Waals surface area contributed by atoms with E-state index in [1.54, 1.807) is 6.08 Å². The summed E-state index contributed by atoms with van der Waals surface area (Å²) in [5.74, 6) is -1.88. The number of allylic oxidation sites excluding steroid dienone is 1. The molecule has 4 nitrogen and oxygen atoms in total. The maximum atomic E-state index is 11.1. The lowest BCUT2D eigenvalue weighted by Gasteiger charge is -2.33. The molecule has 0 radical (unpaired) electrons. The molecule has 1 aliphatic rings. The van der Waals surface area contributed by atoms with Gasteiger partial charge in [0, 0.05) is 26.2 Å². The molecule has 0 aromatic rings. The fraction of sp³-hybridized carbons (Fsp3) is 0.667. The number of carbonyl (C=O) groups excluding carboxylic acids is 2. The number of carbonyl (C=O) groups is 2. The molecule has 0 aliphatic heterocycles. The van der Waals surface area contributed by atoms with E-state index in [-0.39, 0.29) is 5.92 Å². The van der Waals surface area contributed by atoms with Crippen LogP contribution in [0.15, 0.2) is 12.7 Å². The molecule has 0 N–H and O–H groups in total. The van der Waals surface area contributed by atoms with Crippen molar-refractivity contribution in [3.63, 3.8) is 0 Å². The zero-order chi connectivity index (χ0) is 12.2. The van der Waals surface area contributed by atoms with Crippen LogP contribution in [0, 0.1) is 5.92 Å². The van der Waals surface area contributed by atoms with Gasteiger partial charge in [0.2, 0.25) is 0 Å². The van der Waals surface area contributed by atoms with Crippen molar-refractivity contribution in [2.24, 2.45) is 5.92 Å². The first-order valence-corrected chi connectivity index (χ1v) is 5.50. The second kappa shape index (κ2) is 5.14. The minimum atomic E-state index is -1.06. The Balaban J connectivity index is 2.86. The third kappa shape index (κ3) is 2.84. The molecule has 1 aliphatic carbocycles. The topological polar surface area (TPSA) is 52.6 Å². The average Bonchev–Trinajstić information content (AvgIpc) is 2.47. The van der Waals surface area contributed by atoms with E-state index in [4.69, 9.17) is 9.47 Å². The first kappa shape index (κ1) is 12.7. The quantitative estimate of drug-likeness (QED) is 0.419. The van der Waals surface area contributed by atoms with E-state index in [9.17, 15) is 9.59 Å². The SMILES string of the molecule is C=CCC1CCCC1(OC(C)=O)OC(C)=O. The number of ether oxygens (including phenoxy) is 2. The molecule has 0 heterocycles. The van der Waals surface area contributed by atoms with Crippen LogP contribution in [0.3, 0.4) is 0 Å². The number of esters is 2. The highest BCUT2D eigenvalue weighted by molar-refractivity contribution is 5.69. The molecule has 1 atom stereocenters. The van der Waals surface area contributed by atoms with E-state index in [1.807, 2.05) is 0 Å². The van der Waals surface area contributed by atoms with Crippen molar-refractivity contribution in [2.75, 3.05) is 0 Å². The fourth-order valence-electron chi connectivity index (χ4n) is 2.29. The van der Waals surface area contributed by atoms with Gasteiger partial charge in [0.15, 0.2) is 0 Å². The first-order valence-electron chi connectivity index (χ1n) is 5.50. The Morgan fingerprint density at radius 2 is 1.94 bits per heavy atom. The molecule has 1 unspecified atom stereocenters. The van der Waals surface area contributed by atoms with Crippen LogP contribution >= 0.6 is 0 Å². The van der Waals surface area contributed by atoms with Crippen molar-refractivity contribution in [1.82, 2.24) is 0 Å². The second-order valence-corrected chi connectivity index (χ2v) is 4.11. The predicted octanol–water partition coefficient (Wildman–Crippen LogP) is 2.19. The second-order valence-electron chi connectivity index (χ2n) is 4.11. The van der Waals surface area contributed by atoms with Crippen LogP contribution in [0.1, 0.15) is 39.5 Å². The smallest absolute Gasteiger partial charge is 0.305 e. The Bertz CT molecular complexity index is 279. The van der Waals surface area contributed by atoms with Gasteiger partial charge in [0.1, 0.15) is 0 Å². The van der Waals surface area contributed by atoms with Gasteiger partial charge in [-0.1, -0.05) is 6.08 Å². The summed E-state index contributed by atoms with van der Waals surface area (Å²) in [6, 6.07) is 0. The average molecular weight is 226 g/mol. The lowest BCUT2D eigenvalue weighted by molar-refractivity contribution is -0.238. The summed E-state index contributed by atoms with van der Waals surface area (Å²) >= 11 is 0. The van der Waals surface area contributed by atoms with Crippen molar-refractivity contribution >= 4 is 11.9 Å². The number of hydrogen-bond donors (Lipinski definition) is 0. The number of rotatable bonds is 4. The van der Waals surface area contributed by atoms with E-state index >= 15 is 0 Å². The van der Waals surface area contributed by atoms with E-state index in [0.717, 1.165) is 12.8 Å². The summed E-state index contributed by atoms with van der Waals surface area (Å²) in [5.41, 5.74) is 0. The fourth-order valence-corrected chi connectivity index (χ4v) is 2.29. The van der Waals surface area contributed by atoms with Crippen molar-refractivity contribution < 1.29 is 19.1 Å². The van der Waals surface area contributed by atoms with E-state index in [0.29, 0.717) is 12.8 Å². The summed E-state index contributed by atoms with van der Waals surface area (Å²) in [6.45, 7) is 6.32. The molecule has 90 valence electrons. The van der Waals surface area contributed by atoms with Crippen LogP contribution in [0.25, 0.3) is 0 Å². The molecule has 1 rings (SSSR count). The molecule has 0 aromatic heterocycles. The molecule has 0 aromatic carbocycles. The van der Waals surface area contributed by atoms with Crippen LogP contribution in [-0.4, -0.2) is 17.7 Å². The van der Waals surface area contributed by atoms with Crippen LogP contribution < -0.4 is 0 Å². The summed E-state index contributed by atoms with van der Waals surface area (Å²) in [4.78, 5) is 22.2. The molecule has 4 heteroatoms. The zero-order valence-electron chi connectivity index (χ0n) is 9.82. The van der Waals surface area contributed by atoms with Gasteiger partial charge < -0.3 is 9.47 Å². The van der Waals surface area contributed by atoms with Crippen LogP contribution in [0.5, 0.6) is 0 Å². The molecule has 16 heavy (non-hydrogen) atoms. The predicted molar refractivity (Wildman–Crippen MR) is 58.4 cm³/mol. The highest BCUT2D eigenvalue weighted by Gasteiger charge is 2.48. The van der Waals surface area contributed by atoms with E-state index < -0.39 is 17.7 Å². The third-order valence-corrected chi connectivity index (χ3v) is 2.78. The maximum absolute atomic E-state index is 11.1. The van der Waals surface area contributed by atoms with Gasteiger partial charge in [0.25, 0.3) is 5.79 Å². The monoisotopic (exact) mass is 226 g/mol. The zero-order valence-corrected chi connectivity index (χ0v) is 9.82. The molecular weight excluding hydrogens is 208 g/mol. The molecule has 0 bridgehead atoms. The highest BCUT2D eigenvalue weighted by Crippen LogP contribution is 2.42. The van der Waals surface area contributed by atoms with Crippen LogP contribution in [0.2, 0.25) is 0 Å². The Morgan fingerprint density at radius 1 is 1.38 bits per heavy atom. The molecular formula is C12H18O4. The normalized spacial score (nSPS) is 22.5. The Hall–Kier alpha value is -1.32. The standard InChI is InChI=1S/C12H18O4/c1-4-6-11-7-5-8-12(11,15-9(2)13)16-10(3)14/h4,11H,1,5-8H2,2-3H3. The van der Waals surface area contributed by atoms with E-state index in [2.05, 4.69) is 6.58 Å². The lowest BCUT2D eigenvalue weighted by Crippen LogP contribution is -2.42. The maximum Gasteiger partial charge on any atom is 0.305 e. The highest BCUT2D eigenvalue weighted by atomic mass is 16.7. The van der Waals surface area contributed by atoms with Gasteiger partial charge in [-0.25, -0.2) is 0 Å². The van der Waals surface area contributed by atoms with Crippen LogP contribution in [0.4, 0.5) is 0 Å². The van der Waals surface area contributed by atoms with Gasteiger partial charge in [-0.2, -0.15) is 0 Å². The molecule has 1 saturated carbocycles. The van der Waals surface area contributed by atoms with Gasteiger partial charge in [-0.05, 0) is 19.3 Å². The molecule has 0 saturated heterocycles. The Kier molecular flexibility index (Phi) is 4.10. The molecule has 0 amide bonds. The minimum Gasteiger partial charge on any atom is -0.422 e. The van der Waals surface area contributed by atoms with Crippen molar-refractivity contribution in [3.05, 3.63) is 12.7 Å². The van der Waals surface area contributed by atoms with Crippen molar-refractivity contribution in [3.8, 4) is 0 Å². The summed E-state index contributed by atoms with van der Waals surface area (Å²) in [5, 5.41) is 0. The van der Waals surface area contributed by atoms with Crippen molar-refractivity contribution in [1.29, 1.82) is 0 Å². The van der Waals surface area contributed by atoms with Gasteiger partial charge in [0.05, 0.1) is 0 Å². The minimum absolute atomic E-state index is 0.0257. The van der Waals surface area contributed by atoms with Gasteiger partial charge in [-0.3, -0.25) is 9.59 Å². The summed E-state index contributed by atoms with van der Waals surface area (Å²) in [7, 11) is 0. The number of hydrogen-bond acceptors (Lipinski definition) is 4.